The van der Waals surface area contributed by atoms with E-state index in [0.29, 0.717) is 0 Å². The molecule has 0 bridgehead atoms. The molecule has 0 spiro atoms. The SMILES string of the molecule is CC(C)CSc1ccccc1[C@H](C)N. The van der Waals surface area contributed by atoms with Gasteiger partial charge in [0.05, 0.1) is 0 Å². The summed E-state index contributed by atoms with van der Waals surface area (Å²) in [6.45, 7) is 6.51. The first kappa shape index (κ1) is 11.6. The summed E-state index contributed by atoms with van der Waals surface area (Å²) in [4.78, 5) is 1.33. The minimum atomic E-state index is 0.130. The van der Waals surface area contributed by atoms with Gasteiger partial charge in [-0.05, 0) is 24.5 Å². The molecule has 2 N–H and O–H groups in total. The smallest absolute Gasteiger partial charge is 0.0277 e. The van der Waals surface area contributed by atoms with Gasteiger partial charge >= 0.3 is 0 Å². The fourth-order valence-corrected chi connectivity index (χ4v) is 2.35. The molecule has 0 unspecified atom stereocenters. The van der Waals surface area contributed by atoms with Crippen LogP contribution in [0.2, 0.25) is 0 Å². The van der Waals surface area contributed by atoms with E-state index >= 15 is 0 Å². The summed E-state index contributed by atoms with van der Waals surface area (Å²) in [6.07, 6.45) is 0. The van der Waals surface area contributed by atoms with E-state index in [4.69, 9.17) is 5.73 Å². The molecule has 0 saturated heterocycles. The lowest BCUT2D eigenvalue weighted by atomic mass is 10.1. The van der Waals surface area contributed by atoms with Crippen LogP contribution in [-0.2, 0) is 0 Å². The number of thioether (sulfide) groups is 1. The minimum absolute atomic E-state index is 0.130. The summed E-state index contributed by atoms with van der Waals surface area (Å²) in [6, 6.07) is 8.54. The van der Waals surface area contributed by atoms with Crippen LogP contribution in [0.15, 0.2) is 29.2 Å². The Kier molecular flexibility index (Phi) is 4.49. The Morgan fingerprint density at radius 2 is 1.86 bits per heavy atom. The highest BCUT2D eigenvalue weighted by molar-refractivity contribution is 7.99. The van der Waals surface area contributed by atoms with E-state index in [1.165, 1.54) is 10.5 Å². The van der Waals surface area contributed by atoms with Crippen molar-refractivity contribution < 1.29 is 0 Å². The van der Waals surface area contributed by atoms with E-state index in [9.17, 15) is 0 Å². The Morgan fingerprint density at radius 1 is 1.21 bits per heavy atom. The molecule has 1 atom stereocenters. The van der Waals surface area contributed by atoms with Crippen molar-refractivity contribution in [2.24, 2.45) is 11.7 Å². The van der Waals surface area contributed by atoms with Crippen LogP contribution in [0.4, 0.5) is 0 Å². The molecule has 0 heterocycles. The standard InChI is InChI=1S/C12H19NS/c1-9(2)8-14-12-7-5-4-6-11(12)10(3)13/h4-7,9-10H,8,13H2,1-3H3/t10-/m0/s1. The third kappa shape index (κ3) is 3.35. The Labute approximate surface area is 91.1 Å². The number of hydrogen-bond donors (Lipinski definition) is 1. The molecule has 0 aromatic heterocycles. The van der Waals surface area contributed by atoms with Gasteiger partial charge < -0.3 is 5.73 Å². The first-order chi connectivity index (χ1) is 6.61. The van der Waals surface area contributed by atoms with E-state index in [-0.39, 0.29) is 6.04 Å². The minimum Gasteiger partial charge on any atom is -0.324 e. The molecule has 14 heavy (non-hydrogen) atoms. The lowest BCUT2D eigenvalue weighted by Gasteiger charge is -2.12. The first-order valence-corrected chi connectivity index (χ1v) is 6.07. The van der Waals surface area contributed by atoms with Gasteiger partial charge in [-0.25, -0.2) is 0 Å². The molecule has 0 amide bonds. The van der Waals surface area contributed by atoms with E-state index < -0.39 is 0 Å². The van der Waals surface area contributed by atoms with Gasteiger partial charge in [0.2, 0.25) is 0 Å². The Bertz CT molecular complexity index is 281. The second-order valence-electron chi connectivity index (χ2n) is 4.03. The van der Waals surface area contributed by atoms with E-state index in [0.717, 1.165) is 11.7 Å². The van der Waals surface area contributed by atoms with Gasteiger partial charge in [0.25, 0.3) is 0 Å². The molecule has 0 aliphatic rings. The van der Waals surface area contributed by atoms with Gasteiger partial charge in [-0.2, -0.15) is 0 Å². The second-order valence-corrected chi connectivity index (χ2v) is 5.09. The summed E-state index contributed by atoms with van der Waals surface area (Å²) in [7, 11) is 0. The zero-order valence-corrected chi connectivity index (χ0v) is 9.97. The van der Waals surface area contributed by atoms with Crippen LogP contribution < -0.4 is 5.73 Å². The summed E-state index contributed by atoms with van der Waals surface area (Å²) in [5.41, 5.74) is 7.17. The molecular formula is C12H19NS. The van der Waals surface area contributed by atoms with Gasteiger partial charge in [-0.1, -0.05) is 32.0 Å². The molecule has 1 aromatic rings. The van der Waals surface area contributed by atoms with Crippen molar-refractivity contribution in [2.45, 2.75) is 31.7 Å². The highest BCUT2D eigenvalue weighted by atomic mass is 32.2. The molecular weight excluding hydrogens is 190 g/mol. The molecule has 0 aliphatic carbocycles. The second kappa shape index (κ2) is 5.42. The maximum atomic E-state index is 5.91. The summed E-state index contributed by atoms with van der Waals surface area (Å²) in [5, 5.41) is 0. The Morgan fingerprint density at radius 3 is 2.43 bits per heavy atom. The third-order valence-electron chi connectivity index (χ3n) is 1.98. The molecule has 1 rings (SSSR count). The van der Waals surface area contributed by atoms with Crippen molar-refractivity contribution in [1.29, 1.82) is 0 Å². The van der Waals surface area contributed by atoms with Gasteiger partial charge in [0, 0.05) is 16.7 Å². The lowest BCUT2D eigenvalue weighted by molar-refractivity contribution is 0.748. The number of benzene rings is 1. The first-order valence-electron chi connectivity index (χ1n) is 5.08. The van der Waals surface area contributed by atoms with Crippen molar-refractivity contribution in [3.05, 3.63) is 29.8 Å². The van der Waals surface area contributed by atoms with Gasteiger partial charge in [0.1, 0.15) is 0 Å². The molecule has 78 valence electrons. The normalized spacial score (nSPS) is 13.2. The number of nitrogens with two attached hydrogens (primary N) is 1. The van der Waals surface area contributed by atoms with Crippen molar-refractivity contribution in [3.8, 4) is 0 Å². The summed E-state index contributed by atoms with van der Waals surface area (Å²) in [5.74, 6) is 1.88. The van der Waals surface area contributed by atoms with E-state index in [2.05, 4.69) is 38.1 Å². The largest absolute Gasteiger partial charge is 0.324 e. The van der Waals surface area contributed by atoms with Crippen LogP contribution in [0.1, 0.15) is 32.4 Å². The third-order valence-corrected chi connectivity index (χ3v) is 3.50. The van der Waals surface area contributed by atoms with E-state index in [1.54, 1.807) is 0 Å². The van der Waals surface area contributed by atoms with E-state index in [1.807, 2.05) is 18.7 Å². The average Bonchev–Trinajstić information content (AvgIpc) is 2.15. The Balaban J connectivity index is 2.74. The fraction of sp³-hybridized carbons (Fsp3) is 0.500. The number of rotatable bonds is 4. The maximum Gasteiger partial charge on any atom is 0.0277 e. The predicted molar refractivity (Wildman–Crippen MR) is 64.6 cm³/mol. The van der Waals surface area contributed by atoms with Gasteiger partial charge in [0.15, 0.2) is 0 Å². The average molecular weight is 209 g/mol. The van der Waals surface area contributed by atoms with Crippen molar-refractivity contribution in [3.63, 3.8) is 0 Å². The summed E-state index contributed by atoms with van der Waals surface area (Å²) < 4.78 is 0. The number of hydrogen-bond acceptors (Lipinski definition) is 2. The highest BCUT2D eigenvalue weighted by Crippen LogP contribution is 2.27. The van der Waals surface area contributed by atoms with Crippen LogP contribution in [0, 0.1) is 5.92 Å². The monoisotopic (exact) mass is 209 g/mol. The molecule has 0 saturated carbocycles. The van der Waals surface area contributed by atoms with Crippen molar-refractivity contribution in [1.82, 2.24) is 0 Å². The lowest BCUT2D eigenvalue weighted by Crippen LogP contribution is -2.06. The molecule has 0 radical (unpaired) electrons. The molecule has 1 aromatic carbocycles. The molecule has 0 fully saturated rings. The van der Waals surface area contributed by atoms with Crippen LogP contribution in [-0.4, -0.2) is 5.75 Å². The zero-order valence-electron chi connectivity index (χ0n) is 9.16. The molecule has 0 aliphatic heterocycles. The topological polar surface area (TPSA) is 26.0 Å². The fourth-order valence-electron chi connectivity index (χ4n) is 1.24. The quantitative estimate of drug-likeness (QED) is 0.769. The van der Waals surface area contributed by atoms with Crippen LogP contribution in [0.3, 0.4) is 0 Å². The van der Waals surface area contributed by atoms with Gasteiger partial charge in [-0.3, -0.25) is 0 Å². The van der Waals surface area contributed by atoms with Crippen LogP contribution in [0.5, 0.6) is 0 Å². The molecule has 1 nitrogen and oxygen atoms in total. The molecule has 2 heteroatoms. The van der Waals surface area contributed by atoms with Gasteiger partial charge in [-0.15, -0.1) is 11.8 Å². The van der Waals surface area contributed by atoms with Crippen molar-refractivity contribution in [2.75, 3.05) is 5.75 Å². The zero-order chi connectivity index (χ0) is 10.6. The van der Waals surface area contributed by atoms with Crippen LogP contribution >= 0.6 is 11.8 Å². The van der Waals surface area contributed by atoms with Crippen LogP contribution in [0.25, 0.3) is 0 Å². The Hall–Kier alpha value is -0.470. The van der Waals surface area contributed by atoms with Crippen molar-refractivity contribution >= 4 is 11.8 Å². The highest BCUT2D eigenvalue weighted by Gasteiger charge is 2.06. The summed E-state index contributed by atoms with van der Waals surface area (Å²) >= 11 is 1.90. The maximum absolute atomic E-state index is 5.91. The predicted octanol–water partition coefficient (Wildman–Crippen LogP) is 3.45.